The van der Waals surface area contributed by atoms with E-state index >= 15 is 0 Å². The van der Waals surface area contributed by atoms with Gasteiger partial charge in [-0.15, -0.1) is 0 Å². The van der Waals surface area contributed by atoms with E-state index in [1.54, 1.807) is 18.2 Å². The van der Waals surface area contributed by atoms with Crippen molar-refractivity contribution in [3.63, 3.8) is 0 Å². The maximum Gasteiger partial charge on any atom is 0.264 e. The van der Waals surface area contributed by atoms with Crippen LogP contribution < -0.4 is 23.8 Å². The average molecular weight is 475 g/mol. The first kappa shape index (κ1) is 23.9. The molecule has 174 valence electrons. The highest BCUT2D eigenvalue weighted by Gasteiger charge is 2.28. The molecular formula is C23H23FN2O6S. The number of sulfonamides is 1. The molecule has 3 rings (SSSR count). The lowest BCUT2D eigenvalue weighted by Crippen LogP contribution is -2.38. The number of rotatable bonds is 9. The monoisotopic (exact) mass is 474 g/mol. The molecular weight excluding hydrogens is 451 g/mol. The van der Waals surface area contributed by atoms with Crippen molar-refractivity contribution < 1.29 is 31.8 Å². The SMILES string of the molecule is COc1ccc(S(=O)(=O)N(CC(=O)Nc2cc(OC)ccc2OC)c2ccc(F)cc2)cc1. The zero-order chi connectivity index (χ0) is 24.0. The van der Waals surface area contributed by atoms with E-state index in [1.807, 2.05) is 0 Å². The lowest BCUT2D eigenvalue weighted by atomic mass is 10.2. The van der Waals surface area contributed by atoms with Gasteiger partial charge in [0.25, 0.3) is 10.0 Å². The van der Waals surface area contributed by atoms with E-state index in [2.05, 4.69) is 5.32 Å². The predicted octanol–water partition coefficient (Wildman–Crippen LogP) is 3.69. The number of methoxy groups -OCH3 is 3. The van der Waals surface area contributed by atoms with Crippen molar-refractivity contribution in [1.29, 1.82) is 0 Å². The fourth-order valence-electron chi connectivity index (χ4n) is 3.03. The molecule has 0 spiro atoms. The van der Waals surface area contributed by atoms with Gasteiger partial charge in [0.1, 0.15) is 29.6 Å². The summed E-state index contributed by atoms with van der Waals surface area (Å²) < 4.78 is 56.7. The average Bonchev–Trinajstić information content (AvgIpc) is 2.83. The minimum Gasteiger partial charge on any atom is -0.497 e. The number of nitrogens with one attached hydrogen (secondary N) is 1. The van der Waals surface area contributed by atoms with Crippen molar-refractivity contribution in [3.05, 3.63) is 72.5 Å². The molecule has 3 aromatic rings. The van der Waals surface area contributed by atoms with Crippen LogP contribution in [-0.2, 0) is 14.8 Å². The number of hydrogen-bond donors (Lipinski definition) is 1. The Morgan fingerprint density at radius 2 is 1.48 bits per heavy atom. The number of benzene rings is 3. The van der Waals surface area contributed by atoms with E-state index in [0.29, 0.717) is 22.9 Å². The first-order valence-corrected chi connectivity index (χ1v) is 11.2. The van der Waals surface area contributed by atoms with Crippen molar-refractivity contribution in [2.75, 3.05) is 37.5 Å². The first-order chi connectivity index (χ1) is 15.8. The van der Waals surface area contributed by atoms with E-state index in [9.17, 15) is 17.6 Å². The van der Waals surface area contributed by atoms with Crippen LogP contribution in [0.4, 0.5) is 15.8 Å². The van der Waals surface area contributed by atoms with Gasteiger partial charge in [-0.25, -0.2) is 12.8 Å². The lowest BCUT2D eigenvalue weighted by Gasteiger charge is -2.24. The molecule has 0 unspecified atom stereocenters. The van der Waals surface area contributed by atoms with E-state index in [4.69, 9.17) is 14.2 Å². The Balaban J connectivity index is 1.95. The van der Waals surface area contributed by atoms with Gasteiger partial charge in [-0.3, -0.25) is 9.10 Å². The summed E-state index contributed by atoms with van der Waals surface area (Å²) in [5, 5.41) is 2.65. The molecule has 0 aromatic heterocycles. The maximum atomic E-state index is 13.5. The van der Waals surface area contributed by atoms with Crippen molar-refractivity contribution in [2.24, 2.45) is 0 Å². The summed E-state index contributed by atoms with van der Waals surface area (Å²) in [7, 11) is 0.213. The number of carbonyl (C=O) groups excluding carboxylic acids is 1. The Morgan fingerprint density at radius 1 is 0.879 bits per heavy atom. The summed E-state index contributed by atoms with van der Waals surface area (Å²) in [6, 6.07) is 15.4. The second-order valence-electron chi connectivity index (χ2n) is 6.78. The second-order valence-corrected chi connectivity index (χ2v) is 8.64. The van der Waals surface area contributed by atoms with Crippen LogP contribution in [0.3, 0.4) is 0 Å². The number of amides is 1. The van der Waals surface area contributed by atoms with Crippen molar-refractivity contribution in [1.82, 2.24) is 0 Å². The van der Waals surface area contributed by atoms with Gasteiger partial charge in [-0.2, -0.15) is 0 Å². The van der Waals surface area contributed by atoms with Gasteiger partial charge in [0, 0.05) is 6.07 Å². The summed E-state index contributed by atoms with van der Waals surface area (Å²) in [4.78, 5) is 12.8. The van der Waals surface area contributed by atoms with Gasteiger partial charge in [-0.05, 0) is 60.7 Å². The van der Waals surface area contributed by atoms with E-state index in [0.717, 1.165) is 16.4 Å². The largest absolute Gasteiger partial charge is 0.497 e. The van der Waals surface area contributed by atoms with Crippen molar-refractivity contribution in [2.45, 2.75) is 4.90 Å². The molecule has 0 heterocycles. The Labute approximate surface area is 191 Å². The van der Waals surface area contributed by atoms with Crippen LogP contribution >= 0.6 is 0 Å². The molecule has 8 nitrogen and oxygen atoms in total. The number of anilines is 2. The van der Waals surface area contributed by atoms with Gasteiger partial charge in [-0.1, -0.05) is 0 Å². The number of nitrogens with zero attached hydrogens (tertiary/aromatic N) is 1. The van der Waals surface area contributed by atoms with E-state index in [-0.39, 0.29) is 10.6 Å². The summed E-state index contributed by atoms with van der Waals surface area (Å²) in [5.74, 6) is 0.155. The standard InChI is InChI=1S/C23H23FN2O6S/c1-30-18-8-11-20(12-9-18)33(28,29)26(17-6-4-16(24)5-7-17)15-23(27)25-21-14-19(31-2)10-13-22(21)32-3/h4-14H,15H2,1-3H3,(H,25,27). The highest BCUT2D eigenvalue weighted by molar-refractivity contribution is 7.92. The number of ether oxygens (including phenoxy) is 3. The first-order valence-electron chi connectivity index (χ1n) is 9.72. The molecule has 0 saturated heterocycles. The molecule has 10 heteroatoms. The van der Waals surface area contributed by atoms with Gasteiger partial charge in [0.2, 0.25) is 5.91 Å². The fourth-order valence-corrected chi connectivity index (χ4v) is 4.45. The summed E-state index contributed by atoms with van der Waals surface area (Å²) in [6.45, 7) is -0.569. The van der Waals surface area contributed by atoms with Crippen LogP contribution in [0.5, 0.6) is 17.2 Å². The molecule has 0 fully saturated rings. The zero-order valence-corrected chi connectivity index (χ0v) is 19.1. The molecule has 1 N–H and O–H groups in total. The number of carbonyl (C=O) groups is 1. The number of halogens is 1. The van der Waals surface area contributed by atoms with Crippen LogP contribution in [-0.4, -0.2) is 42.2 Å². The third kappa shape index (κ3) is 5.53. The van der Waals surface area contributed by atoms with Crippen molar-refractivity contribution >= 4 is 27.3 Å². The molecule has 3 aromatic carbocycles. The number of hydrogen-bond acceptors (Lipinski definition) is 6. The van der Waals surface area contributed by atoms with Gasteiger partial charge < -0.3 is 19.5 Å². The molecule has 0 atom stereocenters. The van der Waals surface area contributed by atoms with Crippen LogP contribution in [0, 0.1) is 5.82 Å². The highest BCUT2D eigenvalue weighted by atomic mass is 32.2. The van der Waals surface area contributed by atoms with Crippen LogP contribution in [0.2, 0.25) is 0 Å². The molecule has 0 aliphatic rings. The highest BCUT2D eigenvalue weighted by Crippen LogP contribution is 2.30. The van der Waals surface area contributed by atoms with Gasteiger partial charge >= 0.3 is 0 Å². The molecule has 0 saturated carbocycles. The smallest absolute Gasteiger partial charge is 0.264 e. The van der Waals surface area contributed by atoms with Crippen molar-refractivity contribution in [3.8, 4) is 17.2 Å². The van der Waals surface area contributed by atoms with E-state index in [1.165, 1.54) is 57.7 Å². The van der Waals surface area contributed by atoms with Crippen LogP contribution in [0.1, 0.15) is 0 Å². The summed E-state index contributed by atoms with van der Waals surface area (Å²) in [5.41, 5.74) is 0.433. The van der Waals surface area contributed by atoms with Crippen LogP contribution in [0.15, 0.2) is 71.6 Å². The zero-order valence-electron chi connectivity index (χ0n) is 18.2. The minimum atomic E-state index is -4.17. The Morgan fingerprint density at radius 3 is 2.06 bits per heavy atom. The molecule has 0 aliphatic carbocycles. The Kier molecular flexibility index (Phi) is 7.39. The minimum absolute atomic E-state index is 0.0561. The molecule has 1 amide bonds. The quantitative estimate of drug-likeness (QED) is 0.509. The fraction of sp³-hybridized carbons (Fsp3) is 0.174. The third-order valence-corrected chi connectivity index (χ3v) is 6.52. The lowest BCUT2D eigenvalue weighted by molar-refractivity contribution is -0.114. The van der Waals surface area contributed by atoms with E-state index < -0.39 is 28.3 Å². The van der Waals surface area contributed by atoms with Gasteiger partial charge in [0.15, 0.2) is 0 Å². The predicted molar refractivity (Wildman–Crippen MR) is 122 cm³/mol. The molecule has 0 bridgehead atoms. The molecule has 33 heavy (non-hydrogen) atoms. The Bertz CT molecular complexity index is 1210. The Hall–Kier alpha value is -3.79. The third-order valence-electron chi connectivity index (χ3n) is 4.73. The topological polar surface area (TPSA) is 94.2 Å². The second kappa shape index (κ2) is 10.2. The normalized spacial score (nSPS) is 10.9. The molecule has 0 radical (unpaired) electrons. The molecule has 0 aliphatic heterocycles. The summed E-state index contributed by atoms with van der Waals surface area (Å²) in [6.07, 6.45) is 0. The maximum absolute atomic E-state index is 13.5. The van der Waals surface area contributed by atoms with Gasteiger partial charge in [0.05, 0.1) is 37.6 Å². The van der Waals surface area contributed by atoms with Crippen LogP contribution in [0.25, 0.3) is 0 Å². The summed E-state index contributed by atoms with van der Waals surface area (Å²) >= 11 is 0.